The first kappa shape index (κ1) is 12.5. The highest BCUT2D eigenvalue weighted by Gasteiger charge is 2.12. The molecule has 0 aliphatic heterocycles. The Kier molecular flexibility index (Phi) is 3.45. The summed E-state index contributed by atoms with van der Waals surface area (Å²) in [5.41, 5.74) is 3.05. The highest BCUT2D eigenvalue weighted by molar-refractivity contribution is 6.35. The Morgan fingerprint density at radius 3 is 2.53 bits per heavy atom. The lowest BCUT2D eigenvalue weighted by atomic mass is 10.2. The summed E-state index contributed by atoms with van der Waals surface area (Å²) in [7, 11) is 0. The van der Waals surface area contributed by atoms with E-state index in [4.69, 9.17) is 23.2 Å². The molecule has 0 spiro atoms. The summed E-state index contributed by atoms with van der Waals surface area (Å²) in [6, 6.07) is 16.1. The summed E-state index contributed by atoms with van der Waals surface area (Å²) in [4.78, 5) is 4.53. The molecule has 0 bridgehead atoms. The van der Waals surface area contributed by atoms with Gasteiger partial charge in [-0.15, -0.1) is 11.6 Å². The van der Waals surface area contributed by atoms with Crippen molar-refractivity contribution in [2.45, 2.75) is 12.4 Å². The average Bonchev–Trinajstić information content (AvgIpc) is 2.80. The highest BCUT2D eigenvalue weighted by Crippen LogP contribution is 2.25. The molecule has 1 heterocycles. The van der Waals surface area contributed by atoms with E-state index in [1.165, 1.54) is 5.56 Å². The average molecular weight is 291 g/mol. The highest BCUT2D eigenvalue weighted by atomic mass is 35.5. The molecule has 4 heteroatoms. The molecule has 1 aromatic heterocycles. The van der Waals surface area contributed by atoms with Gasteiger partial charge in [0.15, 0.2) is 0 Å². The minimum atomic E-state index is 0.373. The largest absolute Gasteiger partial charge is 0.322 e. The van der Waals surface area contributed by atoms with Gasteiger partial charge in [0.05, 0.1) is 16.4 Å². The molecule has 0 saturated carbocycles. The third-order valence-electron chi connectivity index (χ3n) is 3.11. The number of aromatic nitrogens is 2. The molecular formula is C15H12Cl2N2. The SMILES string of the molecule is ClCc1nc2c(Cl)cccc2n1Cc1ccccc1. The van der Waals surface area contributed by atoms with E-state index in [9.17, 15) is 0 Å². The van der Waals surface area contributed by atoms with Gasteiger partial charge in [0.25, 0.3) is 0 Å². The van der Waals surface area contributed by atoms with Crippen molar-refractivity contribution in [3.8, 4) is 0 Å². The standard InChI is InChI=1S/C15H12Cl2N2/c16-9-14-18-15-12(17)7-4-8-13(15)19(14)10-11-5-2-1-3-6-11/h1-8H,9-10H2. The summed E-state index contributed by atoms with van der Waals surface area (Å²) in [6.07, 6.45) is 0. The molecule has 0 fully saturated rings. The summed E-state index contributed by atoms with van der Waals surface area (Å²) in [6.45, 7) is 0.750. The van der Waals surface area contributed by atoms with Crippen molar-refractivity contribution in [2.75, 3.05) is 0 Å². The molecule has 0 unspecified atom stereocenters. The molecule has 0 saturated heterocycles. The molecule has 3 rings (SSSR count). The molecule has 0 N–H and O–H groups in total. The van der Waals surface area contributed by atoms with E-state index in [1.54, 1.807) is 0 Å². The van der Waals surface area contributed by atoms with Gasteiger partial charge in [0, 0.05) is 6.54 Å². The van der Waals surface area contributed by atoms with Crippen LogP contribution >= 0.6 is 23.2 Å². The maximum absolute atomic E-state index is 6.18. The first-order valence-electron chi connectivity index (χ1n) is 6.03. The van der Waals surface area contributed by atoms with Crippen molar-refractivity contribution < 1.29 is 0 Å². The number of hydrogen-bond acceptors (Lipinski definition) is 1. The summed E-state index contributed by atoms with van der Waals surface area (Å²) < 4.78 is 2.11. The minimum absolute atomic E-state index is 0.373. The Morgan fingerprint density at radius 2 is 1.79 bits per heavy atom. The van der Waals surface area contributed by atoms with E-state index < -0.39 is 0 Å². The van der Waals surface area contributed by atoms with E-state index >= 15 is 0 Å². The Morgan fingerprint density at radius 1 is 1.00 bits per heavy atom. The Labute approximate surface area is 121 Å². The second-order valence-corrected chi connectivity index (χ2v) is 5.02. The Hall–Kier alpha value is -1.51. The van der Waals surface area contributed by atoms with Gasteiger partial charge in [-0.3, -0.25) is 0 Å². The van der Waals surface area contributed by atoms with E-state index in [1.807, 2.05) is 36.4 Å². The van der Waals surface area contributed by atoms with Crippen LogP contribution in [-0.2, 0) is 12.4 Å². The van der Waals surface area contributed by atoms with Crippen LogP contribution in [0.15, 0.2) is 48.5 Å². The molecule has 0 aliphatic rings. The number of alkyl halides is 1. The fraction of sp³-hybridized carbons (Fsp3) is 0.133. The third-order valence-corrected chi connectivity index (χ3v) is 3.66. The van der Waals surface area contributed by atoms with Crippen LogP contribution in [0.3, 0.4) is 0 Å². The zero-order valence-corrected chi connectivity index (χ0v) is 11.7. The minimum Gasteiger partial charge on any atom is -0.322 e. The monoisotopic (exact) mass is 290 g/mol. The smallest absolute Gasteiger partial charge is 0.125 e. The number of nitrogens with zero attached hydrogens (tertiary/aromatic N) is 2. The number of halogens is 2. The van der Waals surface area contributed by atoms with E-state index in [-0.39, 0.29) is 0 Å². The lowest BCUT2D eigenvalue weighted by Crippen LogP contribution is -2.03. The first-order chi connectivity index (χ1) is 9.29. The molecule has 2 aromatic carbocycles. The van der Waals surface area contributed by atoms with Gasteiger partial charge in [-0.1, -0.05) is 48.0 Å². The number of para-hydroxylation sites is 1. The van der Waals surface area contributed by atoms with Crippen molar-refractivity contribution in [1.29, 1.82) is 0 Å². The number of rotatable bonds is 3. The van der Waals surface area contributed by atoms with E-state index in [0.717, 1.165) is 23.4 Å². The Bertz CT molecular complexity index is 705. The molecule has 0 aliphatic carbocycles. The topological polar surface area (TPSA) is 17.8 Å². The molecular weight excluding hydrogens is 279 g/mol. The first-order valence-corrected chi connectivity index (χ1v) is 6.94. The number of imidazole rings is 1. The predicted molar refractivity (Wildman–Crippen MR) is 79.8 cm³/mol. The lowest BCUT2D eigenvalue weighted by Gasteiger charge is -2.07. The van der Waals surface area contributed by atoms with Crippen LogP contribution in [0.4, 0.5) is 0 Å². The number of fused-ring (bicyclic) bond motifs is 1. The summed E-state index contributed by atoms with van der Waals surface area (Å²) in [5, 5.41) is 0.663. The molecule has 0 atom stereocenters. The molecule has 2 nitrogen and oxygen atoms in total. The van der Waals surface area contributed by atoms with E-state index in [2.05, 4.69) is 21.7 Å². The van der Waals surface area contributed by atoms with Gasteiger partial charge in [0.2, 0.25) is 0 Å². The van der Waals surface area contributed by atoms with Crippen molar-refractivity contribution >= 4 is 34.2 Å². The second-order valence-electron chi connectivity index (χ2n) is 4.34. The van der Waals surface area contributed by atoms with Gasteiger partial charge in [-0.25, -0.2) is 4.98 Å². The lowest BCUT2D eigenvalue weighted by molar-refractivity contribution is 0.779. The zero-order valence-electron chi connectivity index (χ0n) is 10.2. The van der Waals surface area contributed by atoms with Crippen LogP contribution in [0.1, 0.15) is 11.4 Å². The van der Waals surface area contributed by atoms with Crippen molar-refractivity contribution in [2.24, 2.45) is 0 Å². The van der Waals surface area contributed by atoms with Gasteiger partial charge in [0.1, 0.15) is 11.3 Å². The van der Waals surface area contributed by atoms with Gasteiger partial charge in [-0.2, -0.15) is 0 Å². The third kappa shape index (κ3) is 2.34. The summed E-state index contributed by atoms with van der Waals surface area (Å²) >= 11 is 12.2. The molecule has 0 amide bonds. The summed E-state index contributed by atoms with van der Waals surface area (Å²) in [5.74, 6) is 1.21. The van der Waals surface area contributed by atoms with Crippen molar-refractivity contribution in [3.63, 3.8) is 0 Å². The van der Waals surface area contributed by atoms with Gasteiger partial charge in [-0.05, 0) is 17.7 Å². The van der Waals surface area contributed by atoms with Crippen LogP contribution in [0, 0.1) is 0 Å². The predicted octanol–water partition coefficient (Wildman–Crippen LogP) is 4.48. The van der Waals surface area contributed by atoms with E-state index in [0.29, 0.717) is 10.9 Å². The fourth-order valence-corrected chi connectivity index (χ4v) is 2.62. The van der Waals surface area contributed by atoms with Crippen molar-refractivity contribution in [3.05, 3.63) is 64.9 Å². The van der Waals surface area contributed by atoms with Crippen LogP contribution in [0.5, 0.6) is 0 Å². The number of hydrogen-bond donors (Lipinski definition) is 0. The molecule has 96 valence electrons. The van der Waals surface area contributed by atoms with Crippen LogP contribution in [-0.4, -0.2) is 9.55 Å². The number of benzene rings is 2. The fourth-order valence-electron chi connectivity index (χ4n) is 2.21. The van der Waals surface area contributed by atoms with Crippen LogP contribution in [0.2, 0.25) is 5.02 Å². The maximum atomic E-state index is 6.18. The van der Waals surface area contributed by atoms with Crippen LogP contribution < -0.4 is 0 Å². The van der Waals surface area contributed by atoms with Crippen LogP contribution in [0.25, 0.3) is 11.0 Å². The van der Waals surface area contributed by atoms with Gasteiger partial charge < -0.3 is 4.57 Å². The molecule has 19 heavy (non-hydrogen) atoms. The molecule has 3 aromatic rings. The van der Waals surface area contributed by atoms with Crippen molar-refractivity contribution in [1.82, 2.24) is 9.55 Å². The molecule has 0 radical (unpaired) electrons. The Balaban J connectivity index is 2.14. The maximum Gasteiger partial charge on any atom is 0.125 e. The van der Waals surface area contributed by atoms with Gasteiger partial charge >= 0.3 is 0 Å². The quantitative estimate of drug-likeness (QED) is 0.651. The normalized spacial score (nSPS) is 11.1. The zero-order chi connectivity index (χ0) is 13.2. The second kappa shape index (κ2) is 5.24.